The first kappa shape index (κ1) is 23.2. The number of rotatable bonds is 7. The molecule has 1 aliphatic heterocycles. The van der Waals surface area contributed by atoms with E-state index in [1.54, 1.807) is 20.1 Å². The number of anilines is 1. The van der Waals surface area contributed by atoms with Crippen molar-refractivity contribution in [2.45, 2.75) is 45.8 Å². The lowest BCUT2D eigenvalue weighted by Crippen LogP contribution is -2.55. The molecule has 0 aliphatic carbocycles. The maximum Gasteiger partial charge on any atom is 0.339 e. The maximum absolute atomic E-state index is 12.8. The number of aromatic nitrogens is 3. The molecule has 1 aliphatic rings. The van der Waals surface area contributed by atoms with Crippen molar-refractivity contribution in [1.82, 2.24) is 20.3 Å². The highest BCUT2D eigenvalue weighted by atomic mass is 32.1. The van der Waals surface area contributed by atoms with Gasteiger partial charge in [-0.15, -0.1) is 0 Å². The second-order valence-electron chi connectivity index (χ2n) is 7.96. The lowest BCUT2D eigenvalue weighted by atomic mass is 10.0. The molecule has 0 saturated carbocycles. The Labute approximate surface area is 196 Å². The number of hydrogen-bond acceptors (Lipinski definition) is 8. The van der Waals surface area contributed by atoms with Crippen LogP contribution < -0.4 is 10.2 Å². The number of carbonyl (C=O) groups excluding carboxylic acids is 2. The predicted octanol–water partition coefficient (Wildman–Crippen LogP) is 3.09. The number of nitrogens with zero attached hydrogens (tertiary/aromatic N) is 3. The standard InChI is InChI=1S/C23H29N5O4S/c1-5-15-13(3)24-20(25-15)21(29)26-16-10-11-28(12-18(16)31-4)23-27-17-9-7-8-14(19(17)33-23)22(30)32-6-2/h7-9,16,18H,5-6,10-12H2,1-4H3,(H,24,25)(H,26,29). The number of esters is 1. The normalized spacial score (nSPS) is 18.5. The zero-order valence-corrected chi connectivity index (χ0v) is 20.1. The number of nitrogens with one attached hydrogen (secondary N) is 2. The molecular weight excluding hydrogens is 442 g/mol. The average molecular weight is 472 g/mol. The molecule has 0 spiro atoms. The third-order valence-corrected chi connectivity index (χ3v) is 7.07. The summed E-state index contributed by atoms with van der Waals surface area (Å²) in [4.78, 5) is 39.4. The number of H-pyrrole nitrogens is 1. The van der Waals surface area contributed by atoms with E-state index in [2.05, 4.69) is 20.2 Å². The van der Waals surface area contributed by atoms with Crippen LogP contribution in [0.25, 0.3) is 10.2 Å². The predicted molar refractivity (Wildman–Crippen MR) is 127 cm³/mol. The van der Waals surface area contributed by atoms with Crippen LogP contribution in [0, 0.1) is 6.92 Å². The maximum atomic E-state index is 12.8. The fraction of sp³-hybridized carbons (Fsp3) is 0.478. The Morgan fingerprint density at radius 3 is 2.82 bits per heavy atom. The van der Waals surface area contributed by atoms with E-state index in [1.165, 1.54) is 11.3 Å². The van der Waals surface area contributed by atoms with Crippen molar-refractivity contribution < 1.29 is 19.1 Å². The van der Waals surface area contributed by atoms with Gasteiger partial charge in [0.1, 0.15) is 0 Å². The van der Waals surface area contributed by atoms with Gasteiger partial charge in [-0.3, -0.25) is 4.79 Å². The molecule has 2 unspecified atom stereocenters. The summed E-state index contributed by atoms with van der Waals surface area (Å²) >= 11 is 1.47. The van der Waals surface area contributed by atoms with Crippen molar-refractivity contribution >= 4 is 38.6 Å². The van der Waals surface area contributed by atoms with Gasteiger partial charge in [0, 0.05) is 25.9 Å². The van der Waals surface area contributed by atoms with E-state index in [1.807, 2.05) is 26.0 Å². The van der Waals surface area contributed by atoms with Crippen molar-refractivity contribution in [3.8, 4) is 0 Å². The number of carbonyl (C=O) groups is 2. The van der Waals surface area contributed by atoms with Crippen molar-refractivity contribution in [3.05, 3.63) is 41.0 Å². The van der Waals surface area contributed by atoms with Crippen LogP contribution >= 0.6 is 11.3 Å². The molecular formula is C23H29N5O4S. The summed E-state index contributed by atoms with van der Waals surface area (Å²) in [7, 11) is 1.65. The number of hydrogen-bond donors (Lipinski definition) is 2. The zero-order chi connectivity index (χ0) is 23.5. The van der Waals surface area contributed by atoms with Crippen LogP contribution in [-0.2, 0) is 15.9 Å². The monoisotopic (exact) mass is 471 g/mol. The zero-order valence-electron chi connectivity index (χ0n) is 19.3. The van der Waals surface area contributed by atoms with Crippen LogP contribution in [0.1, 0.15) is 52.6 Å². The van der Waals surface area contributed by atoms with Crippen LogP contribution in [0.4, 0.5) is 5.13 Å². The van der Waals surface area contributed by atoms with Gasteiger partial charge in [0.05, 0.1) is 40.2 Å². The van der Waals surface area contributed by atoms with Gasteiger partial charge < -0.3 is 24.7 Å². The van der Waals surface area contributed by atoms with Gasteiger partial charge in [-0.05, 0) is 38.8 Å². The Bertz CT molecular complexity index is 1160. The first-order valence-electron chi connectivity index (χ1n) is 11.2. The molecule has 2 aromatic heterocycles. The number of aromatic amines is 1. The van der Waals surface area contributed by atoms with Crippen molar-refractivity contribution in [2.75, 3.05) is 31.7 Å². The average Bonchev–Trinajstić information content (AvgIpc) is 3.42. The molecule has 1 fully saturated rings. The van der Waals surface area contributed by atoms with Crippen LogP contribution in [0.5, 0.6) is 0 Å². The van der Waals surface area contributed by atoms with E-state index in [-0.39, 0.29) is 24.0 Å². The minimum absolute atomic E-state index is 0.140. The van der Waals surface area contributed by atoms with Gasteiger partial charge in [0.25, 0.3) is 5.91 Å². The van der Waals surface area contributed by atoms with Gasteiger partial charge in [-0.1, -0.05) is 24.3 Å². The lowest BCUT2D eigenvalue weighted by Gasteiger charge is -2.37. The minimum Gasteiger partial charge on any atom is -0.462 e. The Balaban J connectivity index is 1.48. The smallest absolute Gasteiger partial charge is 0.339 e. The highest BCUT2D eigenvalue weighted by Gasteiger charge is 2.33. The Kier molecular flexibility index (Phi) is 6.94. The highest BCUT2D eigenvalue weighted by Crippen LogP contribution is 2.33. The van der Waals surface area contributed by atoms with Crippen LogP contribution in [0.2, 0.25) is 0 Å². The number of fused-ring (bicyclic) bond motifs is 1. The van der Waals surface area contributed by atoms with Crippen LogP contribution in [0.15, 0.2) is 18.2 Å². The molecule has 4 rings (SSSR count). The largest absolute Gasteiger partial charge is 0.462 e. The second kappa shape index (κ2) is 9.88. The molecule has 10 heteroatoms. The number of amides is 1. The van der Waals surface area contributed by atoms with E-state index in [4.69, 9.17) is 14.5 Å². The summed E-state index contributed by atoms with van der Waals surface area (Å²) in [5.74, 6) is -0.231. The highest BCUT2D eigenvalue weighted by molar-refractivity contribution is 7.22. The molecule has 2 N–H and O–H groups in total. The van der Waals surface area contributed by atoms with Crippen molar-refractivity contribution in [3.63, 3.8) is 0 Å². The van der Waals surface area contributed by atoms with Gasteiger partial charge in [0.2, 0.25) is 0 Å². The minimum atomic E-state index is -0.339. The summed E-state index contributed by atoms with van der Waals surface area (Å²) in [5, 5.41) is 3.90. The summed E-state index contributed by atoms with van der Waals surface area (Å²) in [5.41, 5.74) is 3.11. The molecule has 9 nitrogen and oxygen atoms in total. The van der Waals surface area contributed by atoms with Crippen LogP contribution in [-0.4, -0.2) is 65.8 Å². The third kappa shape index (κ3) is 4.72. The summed E-state index contributed by atoms with van der Waals surface area (Å²) < 4.78 is 11.7. The number of aryl methyl sites for hydroxylation is 2. The summed E-state index contributed by atoms with van der Waals surface area (Å²) in [6.07, 6.45) is 1.29. The SMILES string of the molecule is CCOC(=O)c1cccc2nc(N3CCC(NC(=O)c4nc(C)c(CC)[nH]4)C(OC)C3)sc12. The topological polar surface area (TPSA) is 109 Å². The Morgan fingerprint density at radius 2 is 2.12 bits per heavy atom. The van der Waals surface area contributed by atoms with Gasteiger partial charge >= 0.3 is 5.97 Å². The first-order chi connectivity index (χ1) is 15.9. The molecule has 33 heavy (non-hydrogen) atoms. The van der Waals surface area contributed by atoms with E-state index in [9.17, 15) is 9.59 Å². The summed E-state index contributed by atoms with van der Waals surface area (Å²) in [6, 6.07) is 5.34. The molecule has 0 radical (unpaired) electrons. The van der Waals surface area contributed by atoms with E-state index >= 15 is 0 Å². The number of piperidine rings is 1. The third-order valence-electron chi connectivity index (χ3n) is 5.90. The molecule has 1 saturated heterocycles. The number of benzene rings is 1. The van der Waals surface area contributed by atoms with Crippen LogP contribution in [0.3, 0.4) is 0 Å². The van der Waals surface area contributed by atoms with Crippen molar-refractivity contribution in [2.24, 2.45) is 0 Å². The van der Waals surface area contributed by atoms with Crippen molar-refractivity contribution in [1.29, 1.82) is 0 Å². The molecule has 3 aromatic rings. The molecule has 3 heterocycles. The number of ether oxygens (including phenoxy) is 2. The Hall–Kier alpha value is -2.98. The molecule has 176 valence electrons. The Morgan fingerprint density at radius 1 is 1.30 bits per heavy atom. The molecule has 1 aromatic carbocycles. The fourth-order valence-electron chi connectivity index (χ4n) is 4.12. The number of imidazole rings is 1. The van der Waals surface area contributed by atoms with E-state index in [0.717, 1.165) is 33.2 Å². The van der Waals surface area contributed by atoms with Gasteiger partial charge in [-0.25, -0.2) is 14.8 Å². The number of thiazole rings is 1. The number of methoxy groups -OCH3 is 1. The fourth-order valence-corrected chi connectivity index (χ4v) is 5.22. The van der Waals surface area contributed by atoms with E-state index in [0.29, 0.717) is 37.5 Å². The quantitative estimate of drug-likeness (QED) is 0.510. The van der Waals surface area contributed by atoms with E-state index < -0.39 is 0 Å². The lowest BCUT2D eigenvalue weighted by molar-refractivity contribution is 0.0528. The second-order valence-corrected chi connectivity index (χ2v) is 8.94. The molecule has 1 amide bonds. The first-order valence-corrected chi connectivity index (χ1v) is 12.0. The molecule has 0 bridgehead atoms. The van der Waals surface area contributed by atoms with Gasteiger partial charge in [0.15, 0.2) is 11.0 Å². The summed E-state index contributed by atoms with van der Waals surface area (Å²) in [6.45, 7) is 7.32. The molecule has 2 atom stereocenters. The van der Waals surface area contributed by atoms with Gasteiger partial charge in [-0.2, -0.15) is 0 Å².